The molecule has 0 aliphatic rings. The number of nitro groups is 1. The van der Waals surface area contributed by atoms with Crippen molar-refractivity contribution in [2.45, 2.75) is 0 Å². The Balaban J connectivity index is 3.17. The Bertz CT molecular complexity index is 399. The van der Waals surface area contributed by atoms with Crippen molar-refractivity contribution in [3.05, 3.63) is 33.9 Å². The molecule has 0 atom stereocenters. The summed E-state index contributed by atoms with van der Waals surface area (Å²) in [6.45, 7) is 0. The van der Waals surface area contributed by atoms with Crippen LogP contribution in [0.25, 0.3) is 0 Å². The van der Waals surface area contributed by atoms with E-state index in [0.29, 0.717) is 6.07 Å². The zero-order chi connectivity index (χ0) is 11.6. The Morgan fingerprint density at radius 3 is 2.40 bits per heavy atom. The van der Waals surface area contributed by atoms with Crippen molar-refractivity contribution in [3.8, 4) is 5.75 Å². The number of nitro benzene ring substituents is 1. The molecule has 80 valence electrons. The van der Waals surface area contributed by atoms with Crippen molar-refractivity contribution in [3.63, 3.8) is 0 Å². The van der Waals surface area contributed by atoms with Gasteiger partial charge in [0.05, 0.1) is 11.0 Å². The van der Waals surface area contributed by atoms with E-state index in [1.54, 1.807) is 0 Å². The second kappa shape index (κ2) is 4.19. The van der Waals surface area contributed by atoms with Crippen LogP contribution in [-0.4, -0.2) is 22.3 Å². The topological polar surface area (TPSA) is 92.8 Å². The quantitative estimate of drug-likeness (QED) is 0.430. The summed E-state index contributed by atoms with van der Waals surface area (Å²) in [5, 5.41) is 26.9. The molecule has 0 heterocycles. The van der Waals surface area contributed by atoms with Gasteiger partial charge in [-0.05, 0) is 0 Å². The van der Waals surface area contributed by atoms with Crippen LogP contribution in [0, 0.1) is 21.7 Å². The fourth-order valence-electron chi connectivity index (χ4n) is 0.862. The van der Waals surface area contributed by atoms with Crippen LogP contribution in [0.3, 0.4) is 0 Å². The minimum atomic E-state index is -2.34. The first-order valence-corrected chi connectivity index (χ1v) is 3.58. The molecule has 15 heavy (non-hydrogen) atoms. The highest BCUT2D eigenvalue weighted by Crippen LogP contribution is 2.26. The first-order valence-electron chi connectivity index (χ1n) is 3.58. The minimum absolute atomic E-state index is 0.218. The summed E-state index contributed by atoms with van der Waals surface area (Å²) in [7, 11) is -2.34. The highest BCUT2D eigenvalue weighted by molar-refractivity contribution is 6.33. The Morgan fingerprint density at radius 1 is 1.33 bits per heavy atom. The van der Waals surface area contributed by atoms with Crippen LogP contribution in [0.5, 0.6) is 5.75 Å². The van der Waals surface area contributed by atoms with Gasteiger partial charge in [-0.3, -0.25) is 10.1 Å². The van der Waals surface area contributed by atoms with E-state index >= 15 is 0 Å². The minimum Gasteiger partial charge on any atom is -0.509 e. The second-order valence-electron chi connectivity index (χ2n) is 2.44. The third-order valence-corrected chi connectivity index (χ3v) is 1.43. The summed E-state index contributed by atoms with van der Waals surface area (Å²) in [4.78, 5) is 9.14. The van der Waals surface area contributed by atoms with Crippen molar-refractivity contribution in [1.29, 1.82) is 0 Å². The van der Waals surface area contributed by atoms with Crippen LogP contribution in [0.1, 0.15) is 0 Å². The molecule has 0 saturated heterocycles. The molecule has 0 amide bonds. The summed E-state index contributed by atoms with van der Waals surface area (Å²) in [6, 6.07) is 0.639. The van der Waals surface area contributed by atoms with Crippen molar-refractivity contribution < 1.29 is 28.4 Å². The van der Waals surface area contributed by atoms with E-state index < -0.39 is 35.3 Å². The molecular formula is C6H4BF2NO5. The molecule has 0 aromatic heterocycles. The Hall–Kier alpha value is -1.74. The maximum atomic E-state index is 12.8. The van der Waals surface area contributed by atoms with Gasteiger partial charge in [-0.25, -0.2) is 4.39 Å². The predicted molar refractivity (Wildman–Crippen MR) is 43.8 cm³/mol. The van der Waals surface area contributed by atoms with E-state index in [1.807, 2.05) is 0 Å². The second-order valence-corrected chi connectivity index (χ2v) is 2.44. The summed E-state index contributed by atoms with van der Waals surface area (Å²) >= 11 is 0. The molecule has 0 aliphatic carbocycles. The lowest BCUT2D eigenvalue weighted by molar-refractivity contribution is -0.387. The molecular weight excluding hydrogens is 215 g/mol. The van der Waals surface area contributed by atoms with Crippen LogP contribution >= 0.6 is 0 Å². The molecule has 1 rings (SSSR count). The number of hydrogen-bond acceptors (Lipinski definition) is 5. The molecule has 0 saturated carbocycles. The first-order chi connectivity index (χ1) is 6.91. The normalized spacial score (nSPS) is 9.87. The average molecular weight is 219 g/mol. The Morgan fingerprint density at radius 2 is 1.93 bits per heavy atom. The molecule has 0 spiro atoms. The highest BCUT2D eigenvalue weighted by atomic mass is 19.1. The van der Waals surface area contributed by atoms with Gasteiger partial charge in [-0.1, -0.05) is 0 Å². The number of halogens is 2. The van der Waals surface area contributed by atoms with Crippen LogP contribution < -0.4 is 4.65 Å². The van der Waals surface area contributed by atoms with E-state index in [9.17, 15) is 18.9 Å². The lowest BCUT2D eigenvalue weighted by Gasteiger charge is -2.05. The number of benzene rings is 1. The van der Waals surface area contributed by atoms with E-state index in [2.05, 4.69) is 4.65 Å². The molecule has 0 bridgehead atoms. The molecule has 2 N–H and O–H groups in total. The highest BCUT2D eigenvalue weighted by Gasteiger charge is 2.22. The van der Waals surface area contributed by atoms with Gasteiger partial charge in [0, 0.05) is 6.07 Å². The summed E-state index contributed by atoms with van der Waals surface area (Å²) in [6.07, 6.45) is 0. The molecule has 6 nitrogen and oxygen atoms in total. The van der Waals surface area contributed by atoms with E-state index in [4.69, 9.17) is 10.0 Å². The van der Waals surface area contributed by atoms with E-state index in [0.717, 1.165) is 0 Å². The predicted octanol–water partition coefficient (Wildman–Crippen LogP) is 0.221. The zero-order valence-electron chi connectivity index (χ0n) is 7.05. The average Bonchev–Trinajstić information content (AvgIpc) is 2.08. The fraction of sp³-hybridized carbons (Fsp3) is 0. The molecule has 1 aromatic carbocycles. The Kier molecular flexibility index (Phi) is 3.17. The van der Waals surface area contributed by atoms with Gasteiger partial charge in [-0.15, -0.1) is 0 Å². The number of nitrogens with zero attached hydrogens (tertiary/aromatic N) is 1. The third kappa shape index (κ3) is 2.61. The summed E-state index contributed by atoms with van der Waals surface area (Å²) < 4.78 is 29.7. The standard InChI is InChI=1S/C6H4BF2NO5/c8-3-1-4(9)6(15-7(11)12)2-5(3)10(13)14/h1-2,11-12H. The maximum Gasteiger partial charge on any atom is 0.707 e. The maximum absolute atomic E-state index is 12.8. The third-order valence-electron chi connectivity index (χ3n) is 1.43. The fourth-order valence-corrected chi connectivity index (χ4v) is 0.862. The van der Waals surface area contributed by atoms with Crippen LogP contribution in [0.4, 0.5) is 14.5 Å². The van der Waals surface area contributed by atoms with Gasteiger partial charge in [0.25, 0.3) is 0 Å². The van der Waals surface area contributed by atoms with Crippen molar-refractivity contribution in [1.82, 2.24) is 0 Å². The largest absolute Gasteiger partial charge is 0.707 e. The summed E-state index contributed by atoms with van der Waals surface area (Å²) in [5.74, 6) is -3.47. The molecule has 0 radical (unpaired) electrons. The van der Waals surface area contributed by atoms with E-state index in [-0.39, 0.29) is 6.07 Å². The van der Waals surface area contributed by atoms with Gasteiger partial charge in [0.1, 0.15) is 5.75 Å². The van der Waals surface area contributed by atoms with Gasteiger partial charge in [-0.2, -0.15) is 4.39 Å². The summed E-state index contributed by atoms with van der Waals surface area (Å²) in [5.41, 5.74) is -1.02. The lowest BCUT2D eigenvalue weighted by Crippen LogP contribution is -2.21. The SMILES string of the molecule is O=[N+]([O-])c1cc(OB(O)O)c(F)cc1F. The molecule has 0 fully saturated rings. The van der Waals surface area contributed by atoms with E-state index in [1.165, 1.54) is 0 Å². The van der Waals surface area contributed by atoms with Gasteiger partial charge >= 0.3 is 13.0 Å². The van der Waals surface area contributed by atoms with Gasteiger partial charge in [0.15, 0.2) is 5.82 Å². The number of rotatable bonds is 3. The van der Waals surface area contributed by atoms with Gasteiger partial charge < -0.3 is 14.7 Å². The Labute approximate surface area is 82.0 Å². The van der Waals surface area contributed by atoms with Crippen LogP contribution in [-0.2, 0) is 0 Å². The van der Waals surface area contributed by atoms with Crippen molar-refractivity contribution in [2.75, 3.05) is 0 Å². The molecule has 0 aliphatic heterocycles. The lowest BCUT2D eigenvalue weighted by atomic mass is 10.2. The number of hydrogen-bond donors (Lipinski definition) is 2. The molecule has 9 heteroatoms. The molecule has 0 unspecified atom stereocenters. The van der Waals surface area contributed by atoms with Crippen molar-refractivity contribution in [2.24, 2.45) is 0 Å². The first kappa shape index (κ1) is 11.3. The van der Waals surface area contributed by atoms with Crippen molar-refractivity contribution >= 4 is 13.0 Å². The van der Waals surface area contributed by atoms with Crippen LogP contribution in [0.15, 0.2) is 12.1 Å². The van der Waals surface area contributed by atoms with Crippen LogP contribution in [0.2, 0.25) is 0 Å². The molecule has 1 aromatic rings. The monoisotopic (exact) mass is 219 g/mol. The smallest absolute Gasteiger partial charge is 0.509 e. The van der Waals surface area contributed by atoms with Gasteiger partial charge in [0.2, 0.25) is 5.82 Å². The zero-order valence-corrected chi connectivity index (χ0v) is 7.05.